The normalized spacial score (nSPS) is 10.3. The van der Waals surface area contributed by atoms with Gasteiger partial charge in [0.2, 0.25) is 0 Å². The van der Waals surface area contributed by atoms with Gasteiger partial charge >= 0.3 is 0 Å². The minimum atomic E-state index is -0.274. The maximum absolute atomic E-state index is 13.0. The molecular formula is C15H14FNO. The Morgan fingerprint density at radius 1 is 1.11 bits per heavy atom. The Morgan fingerprint density at radius 2 is 1.89 bits per heavy atom. The number of Topliss-reactive ketones (excluding diaryl/α,β-unsaturated/α-hetero) is 1. The van der Waals surface area contributed by atoms with Crippen LogP contribution >= 0.6 is 0 Å². The van der Waals surface area contributed by atoms with E-state index in [4.69, 9.17) is 5.73 Å². The molecule has 0 saturated heterocycles. The second kappa shape index (κ2) is 5.45. The van der Waals surface area contributed by atoms with Gasteiger partial charge < -0.3 is 5.73 Å². The summed E-state index contributed by atoms with van der Waals surface area (Å²) in [6.07, 6.45) is 0.887. The van der Waals surface area contributed by atoms with Gasteiger partial charge in [0.15, 0.2) is 5.78 Å². The molecule has 2 aromatic carbocycles. The minimum Gasteiger partial charge on any atom is -0.399 e. The molecule has 2 N–H and O–H groups in total. The highest BCUT2D eigenvalue weighted by atomic mass is 19.1. The SMILES string of the molecule is Nc1cccc(C(=O)CCc2cccc(F)c2)c1. The third kappa shape index (κ3) is 3.17. The average molecular weight is 243 g/mol. The number of anilines is 1. The Labute approximate surface area is 105 Å². The summed E-state index contributed by atoms with van der Waals surface area (Å²) in [6.45, 7) is 0. The predicted octanol–water partition coefficient (Wildman–Crippen LogP) is 3.22. The average Bonchev–Trinajstić information content (AvgIpc) is 2.36. The van der Waals surface area contributed by atoms with E-state index in [2.05, 4.69) is 0 Å². The van der Waals surface area contributed by atoms with E-state index in [0.717, 1.165) is 5.56 Å². The molecule has 0 saturated carbocycles. The van der Waals surface area contributed by atoms with Crippen molar-refractivity contribution in [2.45, 2.75) is 12.8 Å². The molecule has 0 aliphatic carbocycles. The second-order valence-corrected chi connectivity index (χ2v) is 4.18. The number of carbonyl (C=O) groups is 1. The van der Waals surface area contributed by atoms with Crippen molar-refractivity contribution in [2.24, 2.45) is 0 Å². The van der Waals surface area contributed by atoms with Crippen molar-refractivity contribution in [1.82, 2.24) is 0 Å². The number of nitrogens with two attached hydrogens (primary N) is 1. The lowest BCUT2D eigenvalue weighted by atomic mass is 10.0. The second-order valence-electron chi connectivity index (χ2n) is 4.18. The summed E-state index contributed by atoms with van der Waals surface area (Å²) in [7, 11) is 0. The Kier molecular flexibility index (Phi) is 3.72. The highest BCUT2D eigenvalue weighted by Crippen LogP contribution is 2.12. The summed E-state index contributed by atoms with van der Waals surface area (Å²) in [5.74, 6) is -0.254. The van der Waals surface area contributed by atoms with Gasteiger partial charge in [-0.15, -0.1) is 0 Å². The zero-order valence-electron chi connectivity index (χ0n) is 9.90. The van der Waals surface area contributed by atoms with Gasteiger partial charge in [-0.2, -0.15) is 0 Å². The van der Waals surface area contributed by atoms with E-state index in [1.807, 2.05) is 6.07 Å². The fourth-order valence-electron chi connectivity index (χ4n) is 1.81. The molecule has 0 radical (unpaired) electrons. The van der Waals surface area contributed by atoms with Crippen LogP contribution < -0.4 is 5.73 Å². The third-order valence-corrected chi connectivity index (χ3v) is 2.74. The maximum Gasteiger partial charge on any atom is 0.163 e. The molecule has 18 heavy (non-hydrogen) atoms. The molecule has 3 heteroatoms. The summed E-state index contributed by atoms with van der Waals surface area (Å²) < 4.78 is 13.0. The maximum atomic E-state index is 13.0. The van der Waals surface area contributed by atoms with Crippen molar-refractivity contribution in [2.75, 3.05) is 5.73 Å². The molecule has 0 aromatic heterocycles. The number of rotatable bonds is 4. The van der Waals surface area contributed by atoms with Gasteiger partial charge in [-0.3, -0.25) is 4.79 Å². The number of halogens is 1. The van der Waals surface area contributed by atoms with Crippen molar-refractivity contribution in [3.8, 4) is 0 Å². The third-order valence-electron chi connectivity index (χ3n) is 2.74. The molecule has 0 aliphatic heterocycles. The van der Waals surface area contributed by atoms with Gasteiger partial charge in [-0.05, 0) is 36.2 Å². The summed E-state index contributed by atoms with van der Waals surface area (Å²) in [5.41, 5.74) is 7.63. The van der Waals surface area contributed by atoms with E-state index in [-0.39, 0.29) is 11.6 Å². The molecule has 0 heterocycles. The fraction of sp³-hybridized carbons (Fsp3) is 0.133. The smallest absolute Gasteiger partial charge is 0.163 e. The topological polar surface area (TPSA) is 43.1 Å². The van der Waals surface area contributed by atoms with E-state index in [9.17, 15) is 9.18 Å². The predicted molar refractivity (Wildman–Crippen MR) is 69.9 cm³/mol. The number of carbonyl (C=O) groups excluding carboxylic acids is 1. The molecule has 2 nitrogen and oxygen atoms in total. The van der Waals surface area contributed by atoms with Crippen molar-refractivity contribution < 1.29 is 9.18 Å². The van der Waals surface area contributed by atoms with Crippen LogP contribution in [0.25, 0.3) is 0 Å². The molecule has 0 aliphatic rings. The zero-order valence-corrected chi connectivity index (χ0v) is 9.90. The molecule has 0 spiro atoms. The first-order chi connectivity index (χ1) is 8.65. The summed E-state index contributed by atoms with van der Waals surface area (Å²) in [4.78, 5) is 11.9. The molecule has 0 amide bonds. The molecule has 0 bridgehead atoms. The molecule has 0 fully saturated rings. The first kappa shape index (κ1) is 12.3. The quantitative estimate of drug-likeness (QED) is 0.661. The van der Waals surface area contributed by atoms with Gasteiger partial charge in [0.1, 0.15) is 5.82 Å². The number of hydrogen-bond acceptors (Lipinski definition) is 2. The van der Waals surface area contributed by atoms with E-state index in [0.29, 0.717) is 24.1 Å². The van der Waals surface area contributed by atoms with Gasteiger partial charge in [-0.25, -0.2) is 4.39 Å². The summed E-state index contributed by atoms with van der Waals surface area (Å²) in [6, 6.07) is 13.2. The standard InChI is InChI=1S/C15H14FNO/c16-13-5-1-3-11(9-13)7-8-15(18)12-4-2-6-14(17)10-12/h1-6,9-10H,7-8,17H2. The molecule has 2 rings (SSSR count). The van der Waals surface area contributed by atoms with Crippen LogP contribution in [0.15, 0.2) is 48.5 Å². The molecular weight excluding hydrogens is 229 g/mol. The van der Waals surface area contributed by atoms with Crippen LogP contribution in [0.3, 0.4) is 0 Å². The van der Waals surface area contributed by atoms with E-state index >= 15 is 0 Å². The van der Waals surface area contributed by atoms with E-state index in [1.54, 1.807) is 30.3 Å². The largest absolute Gasteiger partial charge is 0.399 e. The van der Waals surface area contributed by atoms with Gasteiger partial charge in [0, 0.05) is 17.7 Å². The highest BCUT2D eigenvalue weighted by Gasteiger charge is 2.06. The monoisotopic (exact) mass is 243 g/mol. The highest BCUT2D eigenvalue weighted by molar-refractivity contribution is 5.96. The lowest BCUT2D eigenvalue weighted by Crippen LogP contribution is -2.02. The Morgan fingerprint density at radius 3 is 2.61 bits per heavy atom. The minimum absolute atomic E-state index is 0.0200. The van der Waals surface area contributed by atoms with Crippen LogP contribution in [0.5, 0.6) is 0 Å². The van der Waals surface area contributed by atoms with E-state index in [1.165, 1.54) is 12.1 Å². The number of aryl methyl sites for hydroxylation is 1. The number of hydrogen-bond donors (Lipinski definition) is 1. The van der Waals surface area contributed by atoms with Crippen molar-refractivity contribution >= 4 is 11.5 Å². The van der Waals surface area contributed by atoms with E-state index < -0.39 is 0 Å². The fourth-order valence-corrected chi connectivity index (χ4v) is 1.81. The number of benzene rings is 2. The first-order valence-electron chi connectivity index (χ1n) is 5.78. The molecule has 2 aromatic rings. The van der Waals surface area contributed by atoms with Crippen LogP contribution in [0, 0.1) is 5.82 Å². The Balaban J connectivity index is 2.00. The summed E-state index contributed by atoms with van der Waals surface area (Å²) >= 11 is 0. The Bertz CT molecular complexity index is 566. The van der Waals surface area contributed by atoms with Gasteiger partial charge in [0.05, 0.1) is 0 Å². The van der Waals surface area contributed by atoms with Crippen LogP contribution in [-0.4, -0.2) is 5.78 Å². The lowest BCUT2D eigenvalue weighted by Gasteiger charge is -2.03. The van der Waals surface area contributed by atoms with Crippen molar-refractivity contribution in [3.63, 3.8) is 0 Å². The lowest BCUT2D eigenvalue weighted by molar-refractivity contribution is 0.0983. The van der Waals surface area contributed by atoms with Crippen LogP contribution in [0.2, 0.25) is 0 Å². The first-order valence-corrected chi connectivity index (χ1v) is 5.78. The molecule has 92 valence electrons. The van der Waals surface area contributed by atoms with Crippen molar-refractivity contribution in [3.05, 3.63) is 65.5 Å². The molecule has 0 atom stereocenters. The number of ketones is 1. The van der Waals surface area contributed by atoms with Gasteiger partial charge in [0.25, 0.3) is 0 Å². The Hall–Kier alpha value is -2.16. The number of nitrogen functional groups attached to an aromatic ring is 1. The zero-order chi connectivity index (χ0) is 13.0. The van der Waals surface area contributed by atoms with Gasteiger partial charge in [-0.1, -0.05) is 24.3 Å². The van der Waals surface area contributed by atoms with Crippen LogP contribution in [-0.2, 0) is 6.42 Å². The molecule has 0 unspecified atom stereocenters. The van der Waals surface area contributed by atoms with Crippen LogP contribution in [0.4, 0.5) is 10.1 Å². The van der Waals surface area contributed by atoms with Crippen LogP contribution in [0.1, 0.15) is 22.3 Å². The van der Waals surface area contributed by atoms with Crippen molar-refractivity contribution in [1.29, 1.82) is 0 Å². The summed E-state index contributed by atoms with van der Waals surface area (Å²) in [5, 5.41) is 0.